The van der Waals surface area contributed by atoms with Crippen LogP contribution in [0, 0.1) is 6.92 Å². The molecule has 0 fully saturated rings. The summed E-state index contributed by atoms with van der Waals surface area (Å²) in [5.74, 6) is 0.496. The first-order chi connectivity index (χ1) is 8.58. The topological polar surface area (TPSA) is 0 Å². The van der Waals surface area contributed by atoms with Crippen molar-refractivity contribution in [3.8, 4) is 0 Å². The Bertz CT molecular complexity index is 441. The second-order valence-corrected chi connectivity index (χ2v) is 5.13. The van der Waals surface area contributed by atoms with E-state index >= 15 is 0 Å². The van der Waals surface area contributed by atoms with Crippen LogP contribution in [0.5, 0.6) is 0 Å². The van der Waals surface area contributed by atoms with E-state index in [1.54, 1.807) is 0 Å². The zero-order valence-electron chi connectivity index (χ0n) is 11.7. The monoisotopic (exact) mass is 262 g/mol. The van der Waals surface area contributed by atoms with Gasteiger partial charge in [-0.2, -0.15) is 0 Å². The smallest absolute Gasteiger partial charge is 0.0470 e. The van der Waals surface area contributed by atoms with E-state index < -0.39 is 0 Å². The number of benzene rings is 1. The molecule has 0 radical (unpaired) electrons. The van der Waals surface area contributed by atoms with Crippen LogP contribution in [-0.2, 0) is 6.42 Å². The number of hydrogen-bond acceptors (Lipinski definition) is 0. The van der Waals surface area contributed by atoms with Gasteiger partial charge in [0.05, 0.1) is 0 Å². The Hall–Kier alpha value is -1.01. The van der Waals surface area contributed by atoms with Crippen LogP contribution in [0.1, 0.15) is 43.4 Å². The lowest BCUT2D eigenvalue weighted by molar-refractivity contribution is 0.794. The third-order valence-corrected chi connectivity index (χ3v) is 3.57. The van der Waals surface area contributed by atoms with Crippen LogP contribution in [0.15, 0.2) is 35.9 Å². The summed E-state index contributed by atoms with van der Waals surface area (Å²) in [5, 5.41) is 0. The predicted molar refractivity (Wildman–Crippen MR) is 83.3 cm³/mol. The van der Waals surface area contributed by atoms with Gasteiger partial charge < -0.3 is 0 Å². The Morgan fingerprint density at radius 3 is 2.67 bits per heavy atom. The molecule has 0 atom stereocenters. The zero-order valence-corrected chi connectivity index (χ0v) is 12.5. The highest BCUT2D eigenvalue weighted by atomic mass is 35.5. The molecule has 0 saturated carbocycles. The Balaban J connectivity index is 2.89. The van der Waals surface area contributed by atoms with E-state index in [2.05, 4.69) is 51.6 Å². The van der Waals surface area contributed by atoms with Crippen molar-refractivity contribution in [3.05, 3.63) is 52.6 Å². The summed E-state index contributed by atoms with van der Waals surface area (Å²) >= 11 is 5.79. The molecule has 1 aromatic rings. The van der Waals surface area contributed by atoms with E-state index in [1.165, 1.54) is 36.0 Å². The lowest BCUT2D eigenvalue weighted by Crippen LogP contribution is -1.90. The summed E-state index contributed by atoms with van der Waals surface area (Å²) in [7, 11) is 0. The van der Waals surface area contributed by atoms with Crippen LogP contribution in [0.3, 0.4) is 0 Å². The number of unbranched alkanes of at least 4 members (excludes halogenated alkanes) is 1. The van der Waals surface area contributed by atoms with Crippen LogP contribution < -0.4 is 0 Å². The van der Waals surface area contributed by atoms with Gasteiger partial charge in [0.2, 0.25) is 0 Å². The molecule has 98 valence electrons. The number of hydrogen-bond donors (Lipinski definition) is 0. The van der Waals surface area contributed by atoms with Crippen molar-refractivity contribution in [2.24, 2.45) is 0 Å². The Morgan fingerprint density at radius 1 is 1.39 bits per heavy atom. The molecule has 0 N–H and O–H groups in total. The Morgan fingerprint density at radius 2 is 2.11 bits per heavy atom. The van der Waals surface area contributed by atoms with Crippen molar-refractivity contribution in [1.29, 1.82) is 0 Å². The third-order valence-electron chi connectivity index (χ3n) is 3.24. The molecule has 0 spiro atoms. The van der Waals surface area contributed by atoms with E-state index in [4.69, 9.17) is 11.6 Å². The van der Waals surface area contributed by atoms with E-state index in [0.29, 0.717) is 5.88 Å². The molecule has 0 aliphatic rings. The molecule has 0 unspecified atom stereocenters. The standard InChI is InChI=1S/C17H23Cl/c1-5-6-7-16-8-9-17(14(3)10-16)11-13(2)15(4)12-18/h8-11H,4-7,12H2,1-3H3/b13-11+. The van der Waals surface area contributed by atoms with Crippen molar-refractivity contribution in [1.82, 2.24) is 0 Å². The fourth-order valence-corrected chi connectivity index (χ4v) is 2.09. The minimum Gasteiger partial charge on any atom is -0.122 e. The van der Waals surface area contributed by atoms with Crippen molar-refractivity contribution in [3.63, 3.8) is 0 Å². The van der Waals surface area contributed by atoms with Gasteiger partial charge in [-0.3, -0.25) is 0 Å². The van der Waals surface area contributed by atoms with Gasteiger partial charge in [-0.1, -0.05) is 44.2 Å². The molecule has 0 aliphatic carbocycles. The van der Waals surface area contributed by atoms with Gasteiger partial charge in [-0.25, -0.2) is 0 Å². The SMILES string of the molecule is C=C(CCl)/C(C)=C/c1ccc(CCCC)cc1C. The molecule has 1 heteroatoms. The van der Waals surface area contributed by atoms with Crippen LogP contribution in [0.25, 0.3) is 6.08 Å². The molecule has 0 aromatic heterocycles. The first-order valence-corrected chi connectivity index (χ1v) is 7.13. The third kappa shape index (κ3) is 4.34. The molecule has 1 aromatic carbocycles. The highest BCUT2D eigenvalue weighted by Gasteiger charge is 2.00. The normalized spacial score (nSPS) is 11.7. The molecule has 0 bridgehead atoms. The van der Waals surface area contributed by atoms with E-state index in [9.17, 15) is 0 Å². The molecular formula is C17H23Cl. The van der Waals surface area contributed by atoms with Crippen LogP contribution in [0.2, 0.25) is 0 Å². The summed E-state index contributed by atoms with van der Waals surface area (Å²) in [4.78, 5) is 0. The number of rotatable bonds is 6. The fraction of sp³-hybridized carbons (Fsp3) is 0.412. The largest absolute Gasteiger partial charge is 0.122 e. The van der Waals surface area contributed by atoms with Crippen molar-refractivity contribution < 1.29 is 0 Å². The van der Waals surface area contributed by atoms with E-state index in [1.807, 2.05) is 0 Å². The lowest BCUT2D eigenvalue weighted by atomic mass is 9.99. The van der Waals surface area contributed by atoms with Gasteiger partial charge in [-0.15, -0.1) is 11.6 Å². The number of alkyl halides is 1. The van der Waals surface area contributed by atoms with Gasteiger partial charge >= 0.3 is 0 Å². The Labute approximate surface area is 116 Å². The lowest BCUT2D eigenvalue weighted by Gasteiger charge is -2.07. The molecule has 0 heterocycles. The summed E-state index contributed by atoms with van der Waals surface area (Å²) < 4.78 is 0. The molecule has 0 amide bonds. The molecular weight excluding hydrogens is 240 g/mol. The van der Waals surface area contributed by atoms with Crippen molar-refractivity contribution in [2.75, 3.05) is 5.88 Å². The zero-order chi connectivity index (χ0) is 13.5. The minimum absolute atomic E-state index is 0.496. The molecule has 0 saturated heterocycles. The molecule has 1 rings (SSSR count). The maximum atomic E-state index is 5.79. The predicted octanol–water partition coefficient (Wildman–Crippen LogP) is 5.54. The molecule has 0 aliphatic heterocycles. The summed E-state index contributed by atoms with van der Waals surface area (Å²) in [6, 6.07) is 6.72. The van der Waals surface area contributed by atoms with Gasteiger partial charge in [0.25, 0.3) is 0 Å². The number of aryl methyl sites for hydroxylation is 2. The quantitative estimate of drug-likeness (QED) is 0.467. The van der Waals surface area contributed by atoms with Crippen LogP contribution in [-0.4, -0.2) is 5.88 Å². The number of halogens is 1. The van der Waals surface area contributed by atoms with Gasteiger partial charge in [-0.05, 0) is 54.5 Å². The van der Waals surface area contributed by atoms with E-state index in [-0.39, 0.29) is 0 Å². The summed E-state index contributed by atoms with van der Waals surface area (Å²) in [6.07, 6.45) is 5.85. The first-order valence-electron chi connectivity index (χ1n) is 6.60. The fourth-order valence-electron chi connectivity index (χ4n) is 1.88. The average molecular weight is 263 g/mol. The number of allylic oxidation sites excluding steroid dienone is 2. The second kappa shape index (κ2) is 7.43. The maximum absolute atomic E-state index is 5.79. The van der Waals surface area contributed by atoms with Crippen molar-refractivity contribution >= 4 is 17.7 Å². The van der Waals surface area contributed by atoms with E-state index in [0.717, 1.165) is 11.1 Å². The van der Waals surface area contributed by atoms with Gasteiger partial charge in [0.15, 0.2) is 0 Å². The Kier molecular flexibility index (Phi) is 6.21. The highest BCUT2D eigenvalue weighted by Crippen LogP contribution is 2.19. The summed E-state index contributed by atoms with van der Waals surface area (Å²) in [6.45, 7) is 10.4. The molecule has 18 heavy (non-hydrogen) atoms. The summed E-state index contributed by atoms with van der Waals surface area (Å²) in [5.41, 5.74) is 6.17. The minimum atomic E-state index is 0.496. The van der Waals surface area contributed by atoms with Crippen molar-refractivity contribution in [2.45, 2.75) is 40.0 Å². The maximum Gasteiger partial charge on any atom is 0.0470 e. The first kappa shape index (κ1) is 15.0. The second-order valence-electron chi connectivity index (χ2n) is 4.86. The van der Waals surface area contributed by atoms with Gasteiger partial charge in [0, 0.05) is 5.88 Å². The van der Waals surface area contributed by atoms with Crippen LogP contribution >= 0.6 is 11.6 Å². The average Bonchev–Trinajstić information content (AvgIpc) is 2.38. The molecule has 0 nitrogen and oxygen atoms in total. The highest BCUT2D eigenvalue weighted by molar-refractivity contribution is 6.19. The van der Waals surface area contributed by atoms with Crippen LogP contribution in [0.4, 0.5) is 0 Å². The van der Waals surface area contributed by atoms with Gasteiger partial charge in [0.1, 0.15) is 0 Å².